The summed E-state index contributed by atoms with van der Waals surface area (Å²) in [4.78, 5) is 28.9. The van der Waals surface area contributed by atoms with Crippen LogP contribution in [0.2, 0.25) is 0 Å². The molecule has 178 valence electrons. The normalized spacial score (nSPS) is 14.5. The van der Waals surface area contributed by atoms with Gasteiger partial charge in [-0.3, -0.25) is 4.90 Å². The Kier molecular flexibility index (Phi) is 6.64. The lowest BCUT2D eigenvalue weighted by molar-refractivity contribution is 0.0548. The van der Waals surface area contributed by atoms with Crippen molar-refractivity contribution in [3.8, 4) is 11.1 Å². The van der Waals surface area contributed by atoms with E-state index in [0.29, 0.717) is 38.4 Å². The van der Waals surface area contributed by atoms with Crippen molar-refractivity contribution in [2.45, 2.75) is 13.0 Å². The second kappa shape index (κ2) is 10.2. The number of urea groups is 1. The number of morpholine rings is 1. The van der Waals surface area contributed by atoms with Crippen molar-refractivity contribution in [1.29, 1.82) is 0 Å². The fraction of sp³-hybridized carbons (Fsp3) is 0.241. The first-order chi connectivity index (χ1) is 17.1. The molecule has 1 fully saturated rings. The van der Waals surface area contributed by atoms with Gasteiger partial charge >= 0.3 is 12.0 Å². The van der Waals surface area contributed by atoms with Gasteiger partial charge in [-0.15, -0.1) is 0 Å². The van der Waals surface area contributed by atoms with Gasteiger partial charge in [-0.25, -0.2) is 9.59 Å². The van der Waals surface area contributed by atoms with Gasteiger partial charge in [0.2, 0.25) is 0 Å². The summed E-state index contributed by atoms with van der Waals surface area (Å²) < 4.78 is 10.2. The molecule has 0 aromatic heterocycles. The van der Waals surface area contributed by atoms with E-state index in [9.17, 15) is 9.59 Å². The molecule has 2 aliphatic rings. The molecule has 6 nitrogen and oxygen atoms in total. The van der Waals surface area contributed by atoms with Crippen LogP contribution in [0, 0.1) is 0 Å². The zero-order valence-corrected chi connectivity index (χ0v) is 19.8. The van der Waals surface area contributed by atoms with Crippen LogP contribution in [-0.2, 0) is 22.4 Å². The molecule has 3 aromatic carbocycles. The zero-order valence-electron chi connectivity index (χ0n) is 19.8. The van der Waals surface area contributed by atoms with Gasteiger partial charge in [-0.1, -0.05) is 48.6 Å². The maximum atomic E-state index is 13.5. The van der Waals surface area contributed by atoms with Gasteiger partial charge in [-0.2, -0.15) is 0 Å². The Bertz CT molecular complexity index is 1240. The predicted octanol–water partition coefficient (Wildman–Crippen LogP) is 5.17. The molecule has 1 heterocycles. The molecule has 0 spiro atoms. The fourth-order valence-electron chi connectivity index (χ4n) is 4.50. The van der Waals surface area contributed by atoms with Crippen LogP contribution < -0.4 is 4.90 Å². The van der Waals surface area contributed by atoms with Crippen LogP contribution in [0.25, 0.3) is 17.2 Å². The summed E-state index contributed by atoms with van der Waals surface area (Å²) in [7, 11) is 1.36. The molecule has 35 heavy (non-hydrogen) atoms. The molecule has 1 saturated heterocycles. The van der Waals surface area contributed by atoms with E-state index in [4.69, 9.17) is 9.47 Å². The molecule has 1 aliphatic heterocycles. The molecule has 0 atom stereocenters. The van der Waals surface area contributed by atoms with Gasteiger partial charge < -0.3 is 14.4 Å². The largest absolute Gasteiger partial charge is 0.465 e. The number of methoxy groups -OCH3 is 1. The number of carbonyl (C=O) groups is 2. The Balaban J connectivity index is 1.41. The van der Waals surface area contributed by atoms with Crippen molar-refractivity contribution >= 4 is 23.8 Å². The monoisotopic (exact) mass is 468 g/mol. The maximum absolute atomic E-state index is 13.5. The molecule has 5 rings (SSSR count). The Morgan fingerprint density at radius 3 is 2.37 bits per heavy atom. The number of nitrogens with zero attached hydrogens (tertiary/aromatic N) is 2. The van der Waals surface area contributed by atoms with E-state index in [0.717, 1.165) is 28.8 Å². The van der Waals surface area contributed by atoms with Gasteiger partial charge in [0.15, 0.2) is 0 Å². The minimum atomic E-state index is -0.379. The van der Waals surface area contributed by atoms with Crippen LogP contribution in [0.3, 0.4) is 0 Å². The van der Waals surface area contributed by atoms with E-state index in [1.807, 2.05) is 29.2 Å². The molecule has 0 N–H and O–H groups in total. The van der Waals surface area contributed by atoms with Crippen LogP contribution in [-0.4, -0.2) is 50.3 Å². The molecule has 2 amide bonds. The standard InChI is InChI=1S/C29H28N2O4/c1-34-28(32)24-7-5-21(6-8-24)20-31(29(33)30-15-17-35-18-16-30)27-13-11-23(12-14-27)26-10-9-22-3-2-4-25(22)19-26/h2,4-14,19H,3,15-18,20H2,1H3. The summed E-state index contributed by atoms with van der Waals surface area (Å²) in [6.45, 7) is 2.60. The second-order valence-electron chi connectivity index (χ2n) is 8.72. The topological polar surface area (TPSA) is 59.1 Å². The number of hydrogen-bond donors (Lipinski definition) is 0. The van der Waals surface area contributed by atoms with E-state index in [1.165, 1.54) is 18.2 Å². The number of rotatable bonds is 5. The lowest BCUT2D eigenvalue weighted by atomic mass is 10.00. The third-order valence-corrected chi connectivity index (χ3v) is 6.52. The Morgan fingerprint density at radius 2 is 1.66 bits per heavy atom. The number of ether oxygens (including phenoxy) is 2. The molecule has 3 aromatic rings. The minimum Gasteiger partial charge on any atom is -0.465 e. The number of allylic oxidation sites excluding steroid dienone is 1. The average molecular weight is 469 g/mol. The van der Waals surface area contributed by atoms with Crippen LogP contribution in [0.1, 0.15) is 27.0 Å². The highest BCUT2D eigenvalue weighted by Gasteiger charge is 2.24. The van der Waals surface area contributed by atoms with Gasteiger partial charge in [-0.05, 0) is 64.6 Å². The number of esters is 1. The quantitative estimate of drug-likeness (QED) is 0.485. The molecular weight excluding hydrogens is 440 g/mol. The van der Waals surface area contributed by atoms with Crippen molar-refractivity contribution in [1.82, 2.24) is 4.90 Å². The Labute approximate surface area is 205 Å². The van der Waals surface area contributed by atoms with Crippen molar-refractivity contribution in [2.75, 3.05) is 38.3 Å². The average Bonchev–Trinajstić information content (AvgIpc) is 3.40. The summed E-state index contributed by atoms with van der Waals surface area (Å²) >= 11 is 0. The van der Waals surface area contributed by atoms with E-state index in [-0.39, 0.29) is 12.0 Å². The number of anilines is 1. The third kappa shape index (κ3) is 4.98. The zero-order chi connectivity index (χ0) is 24.2. The fourth-order valence-corrected chi connectivity index (χ4v) is 4.50. The summed E-state index contributed by atoms with van der Waals surface area (Å²) in [6, 6.07) is 21.8. The first-order valence-corrected chi connectivity index (χ1v) is 11.8. The highest BCUT2D eigenvalue weighted by Crippen LogP contribution is 2.29. The molecule has 0 saturated carbocycles. The summed E-state index contributed by atoms with van der Waals surface area (Å²) in [6.07, 6.45) is 5.35. The molecule has 0 bridgehead atoms. The Hall–Kier alpha value is -3.90. The van der Waals surface area contributed by atoms with Crippen LogP contribution in [0.5, 0.6) is 0 Å². The number of benzene rings is 3. The van der Waals surface area contributed by atoms with Crippen molar-refractivity contribution in [3.63, 3.8) is 0 Å². The lowest BCUT2D eigenvalue weighted by Gasteiger charge is -2.33. The SMILES string of the molecule is COC(=O)c1ccc(CN(C(=O)N2CCOCC2)c2ccc(-c3ccc4c(c3)C=CC4)cc2)cc1. The van der Waals surface area contributed by atoms with Gasteiger partial charge in [0.05, 0.1) is 32.4 Å². The van der Waals surface area contributed by atoms with Gasteiger partial charge in [0.1, 0.15) is 0 Å². The highest BCUT2D eigenvalue weighted by atomic mass is 16.5. The number of hydrogen-bond acceptors (Lipinski definition) is 4. The number of amides is 2. The summed E-state index contributed by atoms with van der Waals surface area (Å²) in [5, 5.41) is 0. The van der Waals surface area contributed by atoms with E-state index < -0.39 is 0 Å². The third-order valence-electron chi connectivity index (χ3n) is 6.52. The molecule has 0 unspecified atom stereocenters. The Morgan fingerprint density at radius 1 is 0.943 bits per heavy atom. The van der Waals surface area contributed by atoms with Crippen molar-refractivity contribution in [3.05, 3.63) is 95.1 Å². The molecule has 6 heteroatoms. The lowest BCUT2D eigenvalue weighted by Crippen LogP contribution is -2.48. The second-order valence-corrected chi connectivity index (χ2v) is 8.72. The maximum Gasteiger partial charge on any atom is 0.337 e. The highest BCUT2D eigenvalue weighted by molar-refractivity contribution is 5.93. The minimum absolute atomic E-state index is 0.0548. The first kappa shape index (κ1) is 22.9. The van der Waals surface area contributed by atoms with Crippen molar-refractivity contribution < 1.29 is 19.1 Å². The number of carbonyl (C=O) groups excluding carboxylic acids is 2. The van der Waals surface area contributed by atoms with Crippen LogP contribution in [0.4, 0.5) is 10.5 Å². The molecular formula is C29H28N2O4. The first-order valence-electron chi connectivity index (χ1n) is 11.8. The van der Waals surface area contributed by atoms with Gasteiger partial charge in [0.25, 0.3) is 0 Å². The van der Waals surface area contributed by atoms with Gasteiger partial charge in [0, 0.05) is 18.8 Å². The van der Waals surface area contributed by atoms with Crippen LogP contribution >= 0.6 is 0 Å². The smallest absolute Gasteiger partial charge is 0.337 e. The van der Waals surface area contributed by atoms with E-state index >= 15 is 0 Å². The predicted molar refractivity (Wildman–Crippen MR) is 136 cm³/mol. The molecule has 1 aliphatic carbocycles. The van der Waals surface area contributed by atoms with Crippen molar-refractivity contribution in [2.24, 2.45) is 0 Å². The van der Waals surface area contributed by atoms with E-state index in [1.54, 1.807) is 17.0 Å². The number of fused-ring (bicyclic) bond motifs is 1. The van der Waals surface area contributed by atoms with E-state index in [2.05, 4.69) is 42.5 Å². The molecule has 0 radical (unpaired) electrons. The van der Waals surface area contributed by atoms with Crippen LogP contribution in [0.15, 0.2) is 72.8 Å². The summed E-state index contributed by atoms with van der Waals surface area (Å²) in [5.41, 5.74) is 7.12. The summed E-state index contributed by atoms with van der Waals surface area (Å²) in [5.74, 6) is -0.379.